The van der Waals surface area contributed by atoms with Crippen molar-refractivity contribution in [3.63, 3.8) is 0 Å². The van der Waals surface area contributed by atoms with Crippen molar-refractivity contribution in [1.82, 2.24) is 4.98 Å². The average Bonchev–Trinajstić information content (AvgIpc) is 2.40. The SMILES string of the molecule is COc1cnc(C)cc1NCCC1CCCCO1. The predicted octanol–water partition coefficient (Wildman–Crippen LogP) is 2.77. The molecule has 2 rings (SSSR count). The van der Waals surface area contributed by atoms with Crippen LogP contribution in [0.4, 0.5) is 5.69 Å². The lowest BCUT2D eigenvalue weighted by Crippen LogP contribution is -2.22. The van der Waals surface area contributed by atoms with Crippen LogP contribution in [0.1, 0.15) is 31.4 Å². The molecule has 4 heteroatoms. The van der Waals surface area contributed by atoms with Gasteiger partial charge in [-0.25, -0.2) is 0 Å². The molecule has 4 nitrogen and oxygen atoms in total. The Labute approximate surface area is 109 Å². The van der Waals surface area contributed by atoms with E-state index in [1.807, 2.05) is 13.0 Å². The number of hydrogen-bond acceptors (Lipinski definition) is 4. The molecule has 0 aliphatic carbocycles. The number of aromatic nitrogens is 1. The number of pyridine rings is 1. The summed E-state index contributed by atoms with van der Waals surface area (Å²) in [5.41, 5.74) is 2.01. The first kappa shape index (κ1) is 13.1. The van der Waals surface area contributed by atoms with E-state index in [-0.39, 0.29) is 0 Å². The van der Waals surface area contributed by atoms with Gasteiger partial charge in [0.2, 0.25) is 0 Å². The largest absolute Gasteiger partial charge is 0.493 e. The second kappa shape index (κ2) is 6.59. The van der Waals surface area contributed by atoms with Crippen molar-refractivity contribution in [3.8, 4) is 5.75 Å². The molecule has 1 N–H and O–H groups in total. The standard InChI is InChI=1S/C14H22N2O2/c1-11-9-13(14(17-2)10-16-11)15-7-6-12-5-3-4-8-18-12/h9-10,12H,3-8H2,1-2H3,(H,15,16). The van der Waals surface area contributed by atoms with Crippen LogP contribution in [-0.4, -0.2) is 31.3 Å². The fraction of sp³-hybridized carbons (Fsp3) is 0.643. The van der Waals surface area contributed by atoms with Crippen LogP contribution >= 0.6 is 0 Å². The third kappa shape index (κ3) is 3.60. The highest BCUT2D eigenvalue weighted by molar-refractivity contribution is 5.55. The summed E-state index contributed by atoms with van der Waals surface area (Å²) >= 11 is 0. The molecule has 1 unspecified atom stereocenters. The number of aryl methyl sites for hydroxylation is 1. The number of nitrogens with one attached hydrogen (secondary N) is 1. The Balaban J connectivity index is 1.83. The first-order valence-electron chi connectivity index (χ1n) is 6.65. The molecule has 1 aromatic heterocycles. The lowest BCUT2D eigenvalue weighted by molar-refractivity contribution is 0.0134. The maximum atomic E-state index is 5.71. The van der Waals surface area contributed by atoms with Crippen molar-refractivity contribution in [1.29, 1.82) is 0 Å². The molecule has 0 bridgehead atoms. The molecule has 18 heavy (non-hydrogen) atoms. The lowest BCUT2D eigenvalue weighted by Gasteiger charge is -2.23. The molecule has 1 atom stereocenters. The Morgan fingerprint density at radius 3 is 3.11 bits per heavy atom. The zero-order chi connectivity index (χ0) is 12.8. The normalized spacial score (nSPS) is 19.6. The maximum absolute atomic E-state index is 5.71. The summed E-state index contributed by atoms with van der Waals surface area (Å²) in [5.74, 6) is 0.796. The Morgan fingerprint density at radius 1 is 1.50 bits per heavy atom. The fourth-order valence-corrected chi connectivity index (χ4v) is 2.25. The van der Waals surface area contributed by atoms with E-state index in [0.717, 1.165) is 36.7 Å². The van der Waals surface area contributed by atoms with Gasteiger partial charge in [-0.1, -0.05) is 0 Å². The van der Waals surface area contributed by atoms with E-state index in [1.54, 1.807) is 13.3 Å². The van der Waals surface area contributed by atoms with Gasteiger partial charge in [0.1, 0.15) is 0 Å². The van der Waals surface area contributed by atoms with Gasteiger partial charge in [0.15, 0.2) is 5.75 Å². The van der Waals surface area contributed by atoms with Gasteiger partial charge in [0.05, 0.1) is 25.1 Å². The minimum atomic E-state index is 0.417. The second-order valence-electron chi connectivity index (χ2n) is 4.73. The third-order valence-electron chi connectivity index (χ3n) is 3.28. The molecule has 0 spiro atoms. The van der Waals surface area contributed by atoms with Crippen LogP contribution in [0.2, 0.25) is 0 Å². The molecule has 1 aliphatic heterocycles. The zero-order valence-corrected chi connectivity index (χ0v) is 11.2. The topological polar surface area (TPSA) is 43.4 Å². The number of hydrogen-bond donors (Lipinski definition) is 1. The van der Waals surface area contributed by atoms with Crippen LogP contribution in [-0.2, 0) is 4.74 Å². The predicted molar refractivity (Wildman–Crippen MR) is 72.2 cm³/mol. The first-order valence-corrected chi connectivity index (χ1v) is 6.65. The summed E-state index contributed by atoms with van der Waals surface area (Å²) < 4.78 is 11.0. The molecule has 1 aromatic rings. The molecule has 100 valence electrons. The van der Waals surface area contributed by atoms with E-state index in [9.17, 15) is 0 Å². The third-order valence-corrected chi connectivity index (χ3v) is 3.28. The maximum Gasteiger partial charge on any atom is 0.160 e. The first-order chi connectivity index (χ1) is 8.79. The summed E-state index contributed by atoms with van der Waals surface area (Å²) in [5, 5.41) is 3.41. The van der Waals surface area contributed by atoms with Crippen molar-refractivity contribution >= 4 is 5.69 Å². The quantitative estimate of drug-likeness (QED) is 0.872. The number of anilines is 1. The van der Waals surface area contributed by atoms with E-state index in [0.29, 0.717) is 6.10 Å². The van der Waals surface area contributed by atoms with Gasteiger partial charge >= 0.3 is 0 Å². The molecule has 0 aromatic carbocycles. The Bertz CT molecular complexity index is 376. The Hall–Kier alpha value is -1.29. The van der Waals surface area contributed by atoms with Crippen LogP contribution in [0, 0.1) is 6.92 Å². The summed E-state index contributed by atoms with van der Waals surface area (Å²) in [4.78, 5) is 4.22. The van der Waals surface area contributed by atoms with Gasteiger partial charge in [-0.3, -0.25) is 4.98 Å². The zero-order valence-electron chi connectivity index (χ0n) is 11.2. The van der Waals surface area contributed by atoms with Crippen LogP contribution in [0.5, 0.6) is 5.75 Å². The van der Waals surface area contributed by atoms with Gasteiger partial charge < -0.3 is 14.8 Å². The smallest absolute Gasteiger partial charge is 0.160 e. The van der Waals surface area contributed by atoms with Crippen LogP contribution in [0.15, 0.2) is 12.3 Å². The van der Waals surface area contributed by atoms with Crippen LogP contribution in [0.3, 0.4) is 0 Å². The van der Waals surface area contributed by atoms with Crippen molar-refractivity contribution in [2.24, 2.45) is 0 Å². The molecule has 0 amide bonds. The molecule has 0 radical (unpaired) electrons. The minimum absolute atomic E-state index is 0.417. The van der Waals surface area contributed by atoms with Crippen molar-refractivity contribution in [2.75, 3.05) is 25.6 Å². The molecule has 1 fully saturated rings. The van der Waals surface area contributed by atoms with Crippen LogP contribution < -0.4 is 10.1 Å². The average molecular weight is 250 g/mol. The van der Waals surface area contributed by atoms with Crippen LogP contribution in [0.25, 0.3) is 0 Å². The summed E-state index contributed by atoms with van der Waals surface area (Å²) in [7, 11) is 1.67. The summed E-state index contributed by atoms with van der Waals surface area (Å²) in [6.07, 6.45) is 6.91. The number of methoxy groups -OCH3 is 1. The highest BCUT2D eigenvalue weighted by atomic mass is 16.5. The molecule has 2 heterocycles. The van der Waals surface area contributed by atoms with E-state index in [1.165, 1.54) is 19.3 Å². The molecular weight excluding hydrogens is 228 g/mol. The van der Waals surface area contributed by atoms with Gasteiger partial charge in [0, 0.05) is 18.8 Å². The summed E-state index contributed by atoms with van der Waals surface area (Å²) in [6, 6.07) is 2.01. The van der Waals surface area contributed by atoms with Crippen molar-refractivity contribution in [2.45, 2.75) is 38.7 Å². The minimum Gasteiger partial charge on any atom is -0.493 e. The monoisotopic (exact) mass is 250 g/mol. The van der Waals surface area contributed by atoms with Crippen molar-refractivity contribution in [3.05, 3.63) is 18.0 Å². The van der Waals surface area contributed by atoms with Gasteiger partial charge in [-0.15, -0.1) is 0 Å². The Morgan fingerprint density at radius 2 is 2.39 bits per heavy atom. The highest BCUT2D eigenvalue weighted by Crippen LogP contribution is 2.24. The highest BCUT2D eigenvalue weighted by Gasteiger charge is 2.13. The van der Waals surface area contributed by atoms with Crippen molar-refractivity contribution < 1.29 is 9.47 Å². The Kier molecular flexibility index (Phi) is 4.81. The van der Waals surface area contributed by atoms with E-state index >= 15 is 0 Å². The van der Waals surface area contributed by atoms with Gasteiger partial charge in [-0.2, -0.15) is 0 Å². The molecule has 1 saturated heterocycles. The van der Waals surface area contributed by atoms with Gasteiger partial charge in [0.25, 0.3) is 0 Å². The van der Waals surface area contributed by atoms with Gasteiger partial charge in [-0.05, 0) is 38.7 Å². The lowest BCUT2D eigenvalue weighted by atomic mass is 10.1. The number of rotatable bonds is 5. The molecule has 0 saturated carbocycles. The fourth-order valence-electron chi connectivity index (χ4n) is 2.25. The second-order valence-corrected chi connectivity index (χ2v) is 4.73. The number of ether oxygens (including phenoxy) is 2. The summed E-state index contributed by atoms with van der Waals surface area (Å²) in [6.45, 7) is 3.81. The molecule has 1 aliphatic rings. The number of nitrogens with zero attached hydrogens (tertiary/aromatic N) is 1. The van der Waals surface area contributed by atoms with E-state index in [4.69, 9.17) is 9.47 Å². The van der Waals surface area contributed by atoms with E-state index < -0.39 is 0 Å². The molecular formula is C14H22N2O2. The van der Waals surface area contributed by atoms with E-state index in [2.05, 4.69) is 10.3 Å².